The minimum Gasteiger partial charge on any atom is -0.377 e. The molecule has 1 aromatic carbocycles. The fourth-order valence-electron chi connectivity index (χ4n) is 6.78. The highest BCUT2D eigenvalue weighted by molar-refractivity contribution is 7.90. The van der Waals surface area contributed by atoms with Crippen LogP contribution in [-0.2, 0) is 14.8 Å². The molecule has 1 saturated heterocycles. The molecule has 4 heterocycles. The lowest BCUT2D eigenvalue weighted by Gasteiger charge is -2.50. The van der Waals surface area contributed by atoms with Gasteiger partial charge in [0.1, 0.15) is 5.82 Å². The quantitative estimate of drug-likeness (QED) is 0.322. The summed E-state index contributed by atoms with van der Waals surface area (Å²) in [7, 11) is -3.80. The molecule has 0 amide bonds. The summed E-state index contributed by atoms with van der Waals surface area (Å²) in [6.07, 6.45) is 9.13. The van der Waals surface area contributed by atoms with Crippen molar-refractivity contribution in [3.63, 3.8) is 0 Å². The predicted octanol–water partition coefficient (Wildman–Crippen LogP) is 4.40. The first kappa shape index (κ1) is 25.2. The molecule has 2 aliphatic carbocycles. The van der Waals surface area contributed by atoms with E-state index in [2.05, 4.69) is 28.8 Å². The maximum absolute atomic E-state index is 13.5. The SMILES string of the molecule is CC[C@@H]1C[C@H](N(CC2CC2)C2(C)COC2)C[C@@H]1c1nnc2cnc3c(ccn3S(=O)(=O)c3ccc(C)cc3)n12. The van der Waals surface area contributed by atoms with Crippen LogP contribution in [0.3, 0.4) is 0 Å². The molecule has 206 valence electrons. The lowest BCUT2D eigenvalue weighted by molar-refractivity contribution is -0.145. The van der Waals surface area contributed by atoms with E-state index in [1.807, 2.05) is 29.5 Å². The van der Waals surface area contributed by atoms with E-state index in [0.717, 1.165) is 61.8 Å². The average molecular weight is 549 g/mol. The Kier molecular flexibility index (Phi) is 5.88. The topological polar surface area (TPSA) is 94.6 Å². The van der Waals surface area contributed by atoms with Gasteiger partial charge in [-0.05, 0) is 69.6 Å². The largest absolute Gasteiger partial charge is 0.377 e. The fraction of sp³-hybridized carbons (Fsp3) is 0.552. The van der Waals surface area contributed by atoms with Gasteiger partial charge in [0.25, 0.3) is 10.0 Å². The number of rotatable bonds is 8. The Bertz CT molecular complexity index is 1630. The lowest BCUT2D eigenvalue weighted by atomic mass is 9.93. The van der Waals surface area contributed by atoms with E-state index in [1.165, 1.54) is 16.8 Å². The van der Waals surface area contributed by atoms with E-state index in [4.69, 9.17) is 9.84 Å². The van der Waals surface area contributed by atoms with Crippen molar-refractivity contribution >= 4 is 26.8 Å². The van der Waals surface area contributed by atoms with Crippen LogP contribution in [0, 0.1) is 18.8 Å². The molecule has 0 unspecified atom stereocenters. The van der Waals surface area contributed by atoms with Crippen LogP contribution in [0.4, 0.5) is 0 Å². The minimum atomic E-state index is -3.80. The van der Waals surface area contributed by atoms with Gasteiger partial charge in [-0.25, -0.2) is 17.4 Å². The standard InChI is InChI=1S/C29H36N6O3S/c1-4-21-13-22(33(16-20-7-8-20)29(3)17-38-18-29)14-24(21)27-32-31-26-15-30-28-25(35(26)27)11-12-34(28)39(36,37)23-9-5-19(2)6-10-23/h5-6,9-12,15,20-22,24H,4,7-8,13-14,16-18H2,1-3H3/t21-,22+,24+/m1/s1. The molecule has 0 radical (unpaired) electrons. The van der Waals surface area contributed by atoms with Crippen LogP contribution in [0.5, 0.6) is 0 Å². The summed E-state index contributed by atoms with van der Waals surface area (Å²) in [5, 5.41) is 9.18. The maximum atomic E-state index is 13.5. The van der Waals surface area contributed by atoms with E-state index < -0.39 is 10.0 Å². The van der Waals surface area contributed by atoms with Gasteiger partial charge in [0.2, 0.25) is 0 Å². The molecule has 39 heavy (non-hydrogen) atoms. The molecule has 3 aliphatic rings. The van der Waals surface area contributed by atoms with Crippen LogP contribution in [0.15, 0.2) is 47.6 Å². The molecule has 7 rings (SSSR count). The molecule has 3 aromatic heterocycles. The normalized spacial score (nSPS) is 25.1. The number of ether oxygens (including phenoxy) is 1. The maximum Gasteiger partial charge on any atom is 0.269 e. The van der Waals surface area contributed by atoms with Crippen molar-refractivity contribution in [3.8, 4) is 0 Å². The van der Waals surface area contributed by atoms with Gasteiger partial charge in [0.05, 0.1) is 35.4 Å². The number of nitrogens with zero attached hydrogens (tertiary/aromatic N) is 6. The van der Waals surface area contributed by atoms with E-state index >= 15 is 0 Å². The third-order valence-corrected chi connectivity index (χ3v) is 11.0. The molecule has 0 bridgehead atoms. The second kappa shape index (κ2) is 9.11. The minimum absolute atomic E-state index is 0.117. The van der Waals surface area contributed by atoms with Gasteiger partial charge in [-0.2, -0.15) is 0 Å². The van der Waals surface area contributed by atoms with E-state index in [1.54, 1.807) is 24.5 Å². The third-order valence-electron chi connectivity index (χ3n) is 9.28. The molecule has 0 spiro atoms. The molecule has 4 aromatic rings. The Morgan fingerprint density at radius 3 is 2.54 bits per heavy atom. The number of hydrogen-bond donors (Lipinski definition) is 0. The molecule has 3 atom stereocenters. The van der Waals surface area contributed by atoms with Crippen LogP contribution >= 0.6 is 0 Å². The molecular weight excluding hydrogens is 512 g/mol. The van der Waals surface area contributed by atoms with Crippen LogP contribution in [0.1, 0.15) is 63.3 Å². The zero-order valence-electron chi connectivity index (χ0n) is 22.8. The lowest BCUT2D eigenvalue weighted by Crippen LogP contribution is -2.63. The third kappa shape index (κ3) is 4.10. The van der Waals surface area contributed by atoms with Gasteiger partial charge in [-0.1, -0.05) is 31.0 Å². The van der Waals surface area contributed by atoms with Crippen molar-refractivity contribution in [2.75, 3.05) is 19.8 Å². The van der Waals surface area contributed by atoms with Gasteiger partial charge in [-0.15, -0.1) is 10.2 Å². The summed E-state index contributed by atoms with van der Waals surface area (Å²) < 4.78 is 36.1. The van der Waals surface area contributed by atoms with Crippen LogP contribution in [0.2, 0.25) is 0 Å². The number of aromatic nitrogens is 5. The number of fused-ring (bicyclic) bond motifs is 3. The molecular formula is C29H36N6O3S. The van der Waals surface area contributed by atoms with E-state index in [0.29, 0.717) is 23.3 Å². The summed E-state index contributed by atoms with van der Waals surface area (Å²) in [6, 6.07) is 9.21. The molecule has 10 heteroatoms. The highest BCUT2D eigenvalue weighted by atomic mass is 32.2. The second-order valence-corrected chi connectivity index (χ2v) is 13.9. The Labute approximate surface area is 229 Å². The van der Waals surface area contributed by atoms with Crippen molar-refractivity contribution in [2.45, 2.75) is 75.3 Å². The number of hydrogen-bond acceptors (Lipinski definition) is 7. The van der Waals surface area contributed by atoms with Gasteiger partial charge in [0, 0.05) is 24.7 Å². The first-order chi connectivity index (χ1) is 18.8. The Balaban J connectivity index is 1.27. The Hall–Kier alpha value is -2.82. The zero-order valence-corrected chi connectivity index (χ0v) is 23.6. The number of benzene rings is 1. The van der Waals surface area contributed by atoms with Crippen molar-refractivity contribution in [1.82, 2.24) is 28.5 Å². The smallest absolute Gasteiger partial charge is 0.269 e. The average Bonchev–Trinajstić information content (AvgIpc) is 3.28. The molecule has 1 aliphatic heterocycles. The molecule has 2 saturated carbocycles. The van der Waals surface area contributed by atoms with Gasteiger partial charge >= 0.3 is 0 Å². The first-order valence-electron chi connectivity index (χ1n) is 14.2. The van der Waals surface area contributed by atoms with Crippen LogP contribution in [0.25, 0.3) is 16.8 Å². The molecule has 3 fully saturated rings. The van der Waals surface area contributed by atoms with Gasteiger partial charge in [0.15, 0.2) is 11.3 Å². The van der Waals surface area contributed by atoms with Crippen molar-refractivity contribution in [2.24, 2.45) is 11.8 Å². The van der Waals surface area contributed by atoms with E-state index in [-0.39, 0.29) is 16.4 Å². The fourth-order valence-corrected chi connectivity index (χ4v) is 8.08. The van der Waals surface area contributed by atoms with Crippen molar-refractivity contribution in [3.05, 3.63) is 54.1 Å². The summed E-state index contributed by atoms with van der Waals surface area (Å²) in [4.78, 5) is 7.52. The Morgan fingerprint density at radius 1 is 1.10 bits per heavy atom. The summed E-state index contributed by atoms with van der Waals surface area (Å²) in [6.45, 7) is 9.33. The van der Waals surface area contributed by atoms with Crippen molar-refractivity contribution in [1.29, 1.82) is 0 Å². The van der Waals surface area contributed by atoms with Crippen molar-refractivity contribution < 1.29 is 13.2 Å². The van der Waals surface area contributed by atoms with E-state index in [9.17, 15) is 8.42 Å². The summed E-state index contributed by atoms with van der Waals surface area (Å²) >= 11 is 0. The monoisotopic (exact) mass is 548 g/mol. The second-order valence-electron chi connectivity index (χ2n) is 12.1. The first-order valence-corrected chi connectivity index (χ1v) is 15.6. The predicted molar refractivity (Wildman–Crippen MR) is 148 cm³/mol. The summed E-state index contributed by atoms with van der Waals surface area (Å²) in [5.74, 6) is 2.45. The van der Waals surface area contributed by atoms with Gasteiger partial charge < -0.3 is 4.74 Å². The number of aryl methyl sites for hydroxylation is 1. The zero-order chi connectivity index (χ0) is 26.9. The molecule has 0 N–H and O–H groups in total. The highest BCUT2D eigenvalue weighted by Gasteiger charge is 2.49. The highest BCUT2D eigenvalue weighted by Crippen LogP contribution is 2.47. The van der Waals surface area contributed by atoms with Gasteiger partial charge in [-0.3, -0.25) is 9.30 Å². The molecule has 9 nitrogen and oxygen atoms in total. The summed E-state index contributed by atoms with van der Waals surface area (Å²) in [5.41, 5.74) is 2.88. The Morgan fingerprint density at radius 2 is 1.87 bits per heavy atom. The van der Waals surface area contributed by atoms with Crippen LogP contribution in [-0.4, -0.2) is 68.2 Å². The van der Waals surface area contributed by atoms with Crippen LogP contribution < -0.4 is 0 Å².